The SMILES string of the molecule is Cc1cc(CC(=O)Nc2ccc(C(F)(F)F)cc2)n(C)n1. The first-order chi connectivity index (χ1) is 9.75. The first kappa shape index (κ1) is 15.1. The number of anilines is 1. The predicted octanol–water partition coefficient (Wildman–Crippen LogP) is 2.93. The van der Waals surface area contributed by atoms with Crippen molar-refractivity contribution in [3.63, 3.8) is 0 Å². The average molecular weight is 297 g/mol. The second-order valence-electron chi connectivity index (χ2n) is 4.70. The summed E-state index contributed by atoms with van der Waals surface area (Å²) in [7, 11) is 1.73. The Bertz CT molecular complexity index is 644. The molecule has 4 nitrogen and oxygen atoms in total. The molecule has 0 aliphatic carbocycles. The van der Waals surface area contributed by atoms with E-state index in [9.17, 15) is 18.0 Å². The summed E-state index contributed by atoms with van der Waals surface area (Å²) in [4.78, 5) is 11.9. The lowest BCUT2D eigenvalue weighted by molar-refractivity contribution is -0.137. The van der Waals surface area contributed by atoms with Crippen molar-refractivity contribution in [1.29, 1.82) is 0 Å². The quantitative estimate of drug-likeness (QED) is 0.947. The van der Waals surface area contributed by atoms with E-state index in [2.05, 4.69) is 10.4 Å². The molecule has 0 aliphatic heterocycles. The van der Waals surface area contributed by atoms with Gasteiger partial charge in [0, 0.05) is 18.4 Å². The van der Waals surface area contributed by atoms with Crippen LogP contribution in [-0.4, -0.2) is 15.7 Å². The molecule has 0 unspecified atom stereocenters. The Morgan fingerprint density at radius 2 is 1.90 bits per heavy atom. The summed E-state index contributed by atoms with van der Waals surface area (Å²) in [5.41, 5.74) is 1.11. The molecule has 1 aromatic heterocycles. The molecular formula is C14H14F3N3O. The maximum Gasteiger partial charge on any atom is 0.416 e. The van der Waals surface area contributed by atoms with E-state index in [4.69, 9.17) is 0 Å². The first-order valence-corrected chi connectivity index (χ1v) is 6.22. The Morgan fingerprint density at radius 3 is 2.38 bits per heavy atom. The fourth-order valence-electron chi connectivity index (χ4n) is 1.94. The summed E-state index contributed by atoms with van der Waals surface area (Å²) in [6, 6.07) is 6.12. The summed E-state index contributed by atoms with van der Waals surface area (Å²) in [5.74, 6) is -0.308. The molecule has 1 amide bonds. The van der Waals surface area contributed by atoms with Gasteiger partial charge in [0.05, 0.1) is 17.7 Å². The minimum absolute atomic E-state index is 0.109. The molecule has 1 aromatic carbocycles. The summed E-state index contributed by atoms with van der Waals surface area (Å²) in [5, 5.41) is 6.68. The van der Waals surface area contributed by atoms with Crippen molar-refractivity contribution in [1.82, 2.24) is 9.78 Å². The Morgan fingerprint density at radius 1 is 1.29 bits per heavy atom. The van der Waals surface area contributed by atoms with Crippen LogP contribution in [0.15, 0.2) is 30.3 Å². The molecule has 0 saturated carbocycles. The number of halogens is 3. The van der Waals surface area contributed by atoms with Gasteiger partial charge < -0.3 is 5.32 Å². The maximum absolute atomic E-state index is 12.4. The van der Waals surface area contributed by atoms with Crippen LogP contribution in [0.3, 0.4) is 0 Å². The number of aromatic nitrogens is 2. The largest absolute Gasteiger partial charge is 0.416 e. The van der Waals surface area contributed by atoms with Crippen molar-refractivity contribution in [2.45, 2.75) is 19.5 Å². The Balaban J connectivity index is 2.01. The molecule has 2 aromatic rings. The third-order valence-electron chi connectivity index (χ3n) is 2.94. The number of carbonyl (C=O) groups is 1. The molecule has 0 bridgehead atoms. The van der Waals surface area contributed by atoms with Gasteiger partial charge in [-0.3, -0.25) is 9.48 Å². The molecule has 7 heteroatoms. The van der Waals surface area contributed by atoms with E-state index < -0.39 is 11.7 Å². The fraction of sp³-hybridized carbons (Fsp3) is 0.286. The smallest absolute Gasteiger partial charge is 0.326 e. The highest BCUT2D eigenvalue weighted by molar-refractivity contribution is 5.92. The second-order valence-corrected chi connectivity index (χ2v) is 4.70. The number of nitrogens with one attached hydrogen (secondary N) is 1. The lowest BCUT2D eigenvalue weighted by Crippen LogP contribution is -2.16. The molecule has 1 N–H and O–H groups in total. The maximum atomic E-state index is 12.4. The van der Waals surface area contributed by atoms with Gasteiger partial charge in [-0.1, -0.05) is 0 Å². The van der Waals surface area contributed by atoms with Crippen LogP contribution in [0.4, 0.5) is 18.9 Å². The Hall–Kier alpha value is -2.31. The molecule has 0 spiro atoms. The van der Waals surface area contributed by atoms with E-state index in [1.165, 1.54) is 12.1 Å². The zero-order chi connectivity index (χ0) is 15.6. The number of nitrogens with zero attached hydrogens (tertiary/aromatic N) is 2. The number of aryl methyl sites for hydroxylation is 2. The van der Waals surface area contributed by atoms with Crippen LogP contribution in [-0.2, 0) is 24.4 Å². The van der Waals surface area contributed by atoms with Crippen molar-refractivity contribution in [2.75, 3.05) is 5.32 Å². The van der Waals surface area contributed by atoms with E-state index in [0.29, 0.717) is 5.69 Å². The van der Waals surface area contributed by atoms with E-state index in [0.717, 1.165) is 23.5 Å². The Labute approximate surface area is 119 Å². The van der Waals surface area contributed by atoms with Gasteiger partial charge in [0.2, 0.25) is 5.91 Å². The number of hydrogen-bond acceptors (Lipinski definition) is 2. The van der Waals surface area contributed by atoms with Crippen LogP contribution in [0.25, 0.3) is 0 Å². The lowest BCUT2D eigenvalue weighted by Gasteiger charge is -2.09. The molecule has 1 heterocycles. The highest BCUT2D eigenvalue weighted by Gasteiger charge is 2.29. The molecular weight excluding hydrogens is 283 g/mol. The standard InChI is InChI=1S/C14H14F3N3O/c1-9-7-12(20(2)19-9)8-13(21)18-11-5-3-10(4-6-11)14(15,16)17/h3-7H,8H2,1-2H3,(H,18,21). The molecule has 2 rings (SSSR count). The third-order valence-corrected chi connectivity index (χ3v) is 2.94. The molecule has 0 radical (unpaired) electrons. The van der Waals surface area contributed by atoms with Crippen LogP contribution >= 0.6 is 0 Å². The highest BCUT2D eigenvalue weighted by Crippen LogP contribution is 2.29. The van der Waals surface area contributed by atoms with Crippen LogP contribution in [0.5, 0.6) is 0 Å². The number of hydrogen-bond donors (Lipinski definition) is 1. The van der Waals surface area contributed by atoms with Crippen molar-refractivity contribution in [2.24, 2.45) is 7.05 Å². The fourth-order valence-corrected chi connectivity index (χ4v) is 1.94. The van der Waals surface area contributed by atoms with Crippen molar-refractivity contribution >= 4 is 11.6 Å². The minimum atomic E-state index is -4.38. The number of carbonyl (C=O) groups excluding carboxylic acids is 1. The predicted molar refractivity (Wildman–Crippen MR) is 71.7 cm³/mol. The van der Waals surface area contributed by atoms with Gasteiger partial charge in [0.1, 0.15) is 0 Å². The minimum Gasteiger partial charge on any atom is -0.326 e. The number of amides is 1. The average Bonchev–Trinajstić information content (AvgIpc) is 2.67. The van der Waals surface area contributed by atoms with Gasteiger partial charge in [-0.2, -0.15) is 18.3 Å². The summed E-state index contributed by atoms with van der Waals surface area (Å²) < 4.78 is 38.9. The van der Waals surface area contributed by atoms with E-state index in [-0.39, 0.29) is 12.3 Å². The van der Waals surface area contributed by atoms with Crippen molar-refractivity contribution in [3.05, 3.63) is 47.3 Å². The van der Waals surface area contributed by atoms with Gasteiger partial charge in [0.15, 0.2) is 0 Å². The van der Waals surface area contributed by atoms with E-state index in [1.54, 1.807) is 17.8 Å². The third kappa shape index (κ3) is 3.84. The normalized spacial score (nSPS) is 11.5. The topological polar surface area (TPSA) is 46.9 Å². The molecule has 0 saturated heterocycles. The van der Waals surface area contributed by atoms with E-state index >= 15 is 0 Å². The monoisotopic (exact) mass is 297 g/mol. The highest BCUT2D eigenvalue weighted by atomic mass is 19.4. The van der Waals surface area contributed by atoms with Crippen LogP contribution in [0, 0.1) is 6.92 Å². The molecule has 21 heavy (non-hydrogen) atoms. The molecule has 112 valence electrons. The van der Waals surface area contributed by atoms with Crippen LogP contribution in [0.2, 0.25) is 0 Å². The zero-order valence-corrected chi connectivity index (χ0v) is 11.5. The first-order valence-electron chi connectivity index (χ1n) is 6.22. The second kappa shape index (κ2) is 5.59. The van der Waals surface area contributed by atoms with Gasteiger partial charge in [-0.05, 0) is 37.3 Å². The lowest BCUT2D eigenvalue weighted by atomic mass is 10.2. The molecule has 0 atom stereocenters. The molecule has 0 aliphatic rings. The van der Waals surface area contributed by atoms with Crippen LogP contribution in [0.1, 0.15) is 17.0 Å². The van der Waals surface area contributed by atoms with Gasteiger partial charge in [-0.15, -0.1) is 0 Å². The van der Waals surface area contributed by atoms with Crippen LogP contribution < -0.4 is 5.32 Å². The summed E-state index contributed by atoms with van der Waals surface area (Å²) in [6.07, 6.45) is -4.27. The number of alkyl halides is 3. The van der Waals surface area contributed by atoms with Crippen molar-refractivity contribution in [3.8, 4) is 0 Å². The van der Waals surface area contributed by atoms with Crippen molar-refractivity contribution < 1.29 is 18.0 Å². The Kier molecular flexibility index (Phi) is 4.02. The zero-order valence-electron chi connectivity index (χ0n) is 11.5. The van der Waals surface area contributed by atoms with Gasteiger partial charge >= 0.3 is 6.18 Å². The summed E-state index contributed by atoms with van der Waals surface area (Å²) in [6.45, 7) is 1.82. The molecule has 0 fully saturated rings. The summed E-state index contributed by atoms with van der Waals surface area (Å²) >= 11 is 0. The van der Waals surface area contributed by atoms with Gasteiger partial charge in [0.25, 0.3) is 0 Å². The number of rotatable bonds is 3. The van der Waals surface area contributed by atoms with Gasteiger partial charge in [-0.25, -0.2) is 0 Å². The number of benzene rings is 1. The van der Waals surface area contributed by atoms with E-state index in [1.807, 2.05) is 6.92 Å².